The van der Waals surface area contributed by atoms with E-state index in [1.165, 1.54) is 36.0 Å². The van der Waals surface area contributed by atoms with Crippen molar-refractivity contribution in [2.24, 2.45) is 0 Å². The molecule has 146 valence electrons. The highest BCUT2D eigenvalue weighted by atomic mass is 16.1. The number of amides is 1. The first kappa shape index (κ1) is 19.2. The van der Waals surface area contributed by atoms with E-state index >= 15 is 0 Å². The molecular formula is C27H27NO. The zero-order chi connectivity index (χ0) is 20.1. The molecule has 0 heterocycles. The maximum absolute atomic E-state index is 13.2. The van der Waals surface area contributed by atoms with Crippen LogP contribution in [0.25, 0.3) is 11.6 Å². The van der Waals surface area contributed by atoms with Crippen molar-refractivity contribution >= 4 is 17.6 Å². The lowest BCUT2D eigenvalue weighted by molar-refractivity contribution is -0.116. The van der Waals surface area contributed by atoms with E-state index in [1.807, 2.05) is 66.7 Å². The molecule has 1 atom stereocenters. The first-order chi connectivity index (χ1) is 14.2. The third-order valence-corrected chi connectivity index (χ3v) is 5.66. The zero-order valence-electron chi connectivity index (χ0n) is 16.9. The summed E-state index contributed by atoms with van der Waals surface area (Å²) >= 11 is 0. The minimum Gasteiger partial charge on any atom is -0.345 e. The molecular weight excluding hydrogens is 354 g/mol. The van der Waals surface area contributed by atoms with Crippen LogP contribution in [0.1, 0.15) is 53.6 Å². The number of fused-ring (bicyclic) bond motifs is 1. The fourth-order valence-corrected chi connectivity index (χ4v) is 3.99. The van der Waals surface area contributed by atoms with E-state index < -0.39 is 0 Å². The Balaban J connectivity index is 1.59. The Hall–Kier alpha value is -3.13. The first-order valence-electron chi connectivity index (χ1n) is 10.5. The summed E-state index contributed by atoms with van der Waals surface area (Å²) in [6, 6.07) is 26.5. The largest absolute Gasteiger partial charge is 0.345 e. The van der Waals surface area contributed by atoms with Crippen molar-refractivity contribution in [1.29, 1.82) is 0 Å². The van der Waals surface area contributed by atoms with E-state index in [-0.39, 0.29) is 11.9 Å². The Morgan fingerprint density at radius 1 is 0.862 bits per heavy atom. The van der Waals surface area contributed by atoms with Crippen molar-refractivity contribution in [3.05, 3.63) is 107 Å². The maximum Gasteiger partial charge on any atom is 0.252 e. The number of aryl methyl sites for hydroxylation is 2. The Kier molecular flexibility index (Phi) is 5.90. The molecule has 1 aliphatic rings. The van der Waals surface area contributed by atoms with Gasteiger partial charge in [-0.3, -0.25) is 4.79 Å². The summed E-state index contributed by atoms with van der Waals surface area (Å²) in [7, 11) is 0. The molecule has 0 aromatic heterocycles. The van der Waals surface area contributed by atoms with Gasteiger partial charge in [0, 0.05) is 5.57 Å². The van der Waals surface area contributed by atoms with E-state index in [1.54, 1.807) is 0 Å². The number of benzene rings is 3. The zero-order valence-corrected chi connectivity index (χ0v) is 16.9. The summed E-state index contributed by atoms with van der Waals surface area (Å²) < 4.78 is 0. The number of nitrogens with one attached hydrogen (secondary N) is 1. The van der Waals surface area contributed by atoms with Gasteiger partial charge in [0.2, 0.25) is 0 Å². The summed E-state index contributed by atoms with van der Waals surface area (Å²) in [6.07, 6.45) is 6.82. The molecule has 3 aromatic carbocycles. The van der Waals surface area contributed by atoms with E-state index in [0.717, 1.165) is 17.5 Å². The van der Waals surface area contributed by atoms with Crippen molar-refractivity contribution in [1.82, 2.24) is 5.32 Å². The van der Waals surface area contributed by atoms with Crippen LogP contribution in [0.5, 0.6) is 0 Å². The number of rotatable bonds is 5. The van der Waals surface area contributed by atoms with Gasteiger partial charge >= 0.3 is 0 Å². The van der Waals surface area contributed by atoms with Gasteiger partial charge in [0.25, 0.3) is 5.91 Å². The van der Waals surface area contributed by atoms with Crippen molar-refractivity contribution in [2.75, 3.05) is 0 Å². The molecule has 4 rings (SSSR count). The highest BCUT2D eigenvalue weighted by Gasteiger charge is 2.17. The van der Waals surface area contributed by atoms with Gasteiger partial charge in [-0.1, -0.05) is 78.9 Å². The molecule has 2 nitrogen and oxygen atoms in total. The highest BCUT2D eigenvalue weighted by molar-refractivity contribution is 6.24. The fourth-order valence-electron chi connectivity index (χ4n) is 3.99. The second-order valence-electron chi connectivity index (χ2n) is 7.77. The van der Waals surface area contributed by atoms with Gasteiger partial charge in [-0.15, -0.1) is 0 Å². The summed E-state index contributed by atoms with van der Waals surface area (Å²) in [5.41, 5.74) is 6.70. The van der Waals surface area contributed by atoms with E-state index in [2.05, 4.69) is 30.4 Å². The lowest BCUT2D eigenvalue weighted by atomic mass is 9.89. The quantitative estimate of drug-likeness (QED) is 0.427. The van der Waals surface area contributed by atoms with Crippen LogP contribution in [0.2, 0.25) is 0 Å². The molecule has 0 aliphatic heterocycles. The summed E-state index contributed by atoms with van der Waals surface area (Å²) in [6.45, 7) is 2.06. The Labute approximate surface area is 173 Å². The summed E-state index contributed by atoms with van der Waals surface area (Å²) in [5, 5.41) is 3.21. The normalized spacial score (nSPS) is 14.7. The maximum atomic E-state index is 13.2. The van der Waals surface area contributed by atoms with Crippen LogP contribution in [0.3, 0.4) is 0 Å². The van der Waals surface area contributed by atoms with Crippen molar-refractivity contribution in [3.8, 4) is 0 Å². The average molecular weight is 382 g/mol. The van der Waals surface area contributed by atoms with Crippen LogP contribution >= 0.6 is 0 Å². The SMILES string of the molecule is C[C@@H](NC(=O)/C(=C/c1ccccc1)c1ccccc1)c1ccc2c(c1)CCCC2. The van der Waals surface area contributed by atoms with Crippen molar-refractivity contribution in [2.45, 2.75) is 38.6 Å². The van der Waals surface area contributed by atoms with Crippen LogP contribution in [0.15, 0.2) is 78.9 Å². The smallest absolute Gasteiger partial charge is 0.252 e. The lowest BCUT2D eigenvalue weighted by Gasteiger charge is -2.20. The lowest BCUT2D eigenvalue weighted by Crippen LogP contribution is -2.27. The van der Waals surface area contributed by atoms with E-state index in [9.17, 15) is 4.79 Å². The molecule has 0 radical (unpaired) electrons. The molecule has 0 saturated heterocycles. The van der Waals surface area contributed by atoms with Crippen LogP contribution < -0.4 is 5.32 Å². The van der Waals surface area contributed by atoms with Crippen LogP contribution in [0.4, 0.5) is 0 Å². The van der Waals surface area contributed by atoms with Crippen LogP contribution in [0, 0.1) is 0 Å². The molecule has 0 bridgehead atoms. The molecule has 0 unspecified atom stereocenters. The second kappa shape index (κ2) is 8.91. The van der Waals surface area contributed by atoms with Crippen molar-refractivity contribution < 1.29 is 4.79 Å². The first-order valence-corrected chi connectivity index (χ1v) is 10.5. The Morgan fingerprint density at radius 3 is 2.24 bits per heavy atom. The average Bonchev–Trinajstić information content (AvgIpc) is 2.78. The number of hydrogen-bond donors (Lipinski definition) is 1. The van der Waals surface area contributed by atoms with Gasteiger partial charge in [0.15, 0.2) is 0 Å². The minimum atomic E-state index is -0.0507. The number of carbonyl (C=O) groups excluding carboxylic acids is 1. The summed E-state index contributed by atoms with van der Waals surface area (Å²) in [4.78, 5) is 13.2. The molecule has 0 spiro atoms. The van der Waals surface area contributed by atoms with E-state index in [0.29, 0.717) is 5.57 Å². The third kappa shape index (κ3) is 4.65. The topological polar surface area (TPSA) is 29.1 Å². The number of carbonyl (C=O) groups is 1. The van der Waals surface area contributed by atoms with Crippen LogP contribution in [-0.4, -0.2) is 5.91 Å². The summed E-state index contributed by atoms with van der Waals surface area (Å²) in [5.74, 6) is -0.0507. The highest BCUT2D eigenvalue weighted by Crippen LogP contribution is 2.26. The molecule has 2 heteroatoms. The molecule has 1 N–H and O–H groups in total. The molecule has 0 fully saturated rings. The van der Waals surface area contributed by atoms with Gasteiger partial charge in [0.1, 0.15) is 0 Å². The third-order valence-electron chi connectivity index (χ3n) is 5.66. The predicted molar refractivity (Wildman–Crippen MR) is 120 cm³/mol. The monoisotopic (exact) mass is 381 g/mol. The van der Waals surface area contributed by atoms with Gasteiger partial charge in [-0.25, -0.2) is 0 Å². The molecule has 29 heavy (non-hydrogen) atoms. The van der Waals surface area contributed by atoms with Gasteiger partial charge < -0.3 is 5.32 Å². The fraction of sp³-hybridized carbons (Fsp3) is 0.222. The van der Waals surface area contributed by atoms with Gasteiger partial charge in [-0.2, -0.15) is 0 Å². The molecule has 1 amide bonds. The second-order valence-corrected chi connectivity index (χ2v) is 7.77. The van der Waals surface area contributed by atoms with E-state index in [4.69, 9.17) is 0 Å². The molecule has 1 aliphatic carbocycles. The van der Waals surface area contributed by atoms with Gasteiger partial charge in [-0.05, 0) is 66.5 Å². The Bertz CT molecular complexity index is 1010. The standard InChI is InChI=1S/C27H27NO/c1-20(24-17-16-22-12-8-9-15-25(22)19-24)28-27(29)26(23-13-6-3-7-14-23)18-21-10-4-2-5-11-21/h2-7,10-11,13-14,16-20H,8-9,12,15H2,1H3,(H,28,29)/b26-18+/t20-/m1/s1. The molecule has 3 aromatic rings. The minimum absolute atomic E-state index is 0.0439. The van der Waals surface area contributed by atoms with Crippen LogP contribution in [-0.2, 0) is 17.6 Å². The molecule has 0 saturated carbocycles. The Morgan fingerprint density at radius 2 is 1.52 bits per heavy atom. The predicted octanol–water partition coefficient (Wildman–Crippen LogP) is 5.98. The number of hydrogen-bond acceptors (Lipinski definition) is 1. The van der Waals surface area contributed by atoms with Crippen molar-refractivity contribution in [3.63, 3.8) is 0 Å². The van der Waals surface area contributed by atoms with Gasteiger partial charge in [0.05, 0.1) is 6.04 Å².